The van der Waals surface area contributed by atoms with E-state index >= 15 is 0 Å². The maximum Gasteiger partial charge on any atom is 0.222 e. The van der Waals surface area contributed by atoms with Gasteiger partial charge in [0.2, 0.25) is 15.9 Å². The number of carbonyl (C=O) groups is 1. The van der Waals surface area contributed by atoms with Gasteiger partial charge in [0.15, 0.2) is 11.6 Å². The van der Waals surface area contributed by atoms with E-state index in [9.17, 15) is 17.6 Å². The molecular formula is C17H25FN2O4S. The molecule has 1 amide bonds. The van der Waals surface area contributed by atoms with Crippen LogP contribution in [0, 0.1) is 5.82 Å². The zero-order valence-electron chi connectivity index (χ0n) is 14.9. The van der Waals surface area contributed by atoms with Gasteiger partial charge in [0.1, 0.15) is 0 Å². The van der Waals surface area contributed by atoms with Gasteiger partial charge >= 0.3 is 0 Å². The molecule has 1 aliphatic rings. The molecule has 1 aromatic carbocycles. The van der Waals surface area contributed by atoms with Gasteiger partial charge in [-0.05, 0) is 37.0 Å². The Morgan fingerprint density at radius 2 is 2.00 bits per heavy atom. The smallest absolute Gasteiger partial charge is 0.222 e. The third-order valence-corrected chi connectivity index (χ3v) is 6.04. The summed E-state index contributed by atoms with van der Waals surface area (Å²) >= 11 is 0. The first kappa shape index (κ1) is 19.7. The Bertz CT molecular complexity index is 715. The number of amides is 1. The average molecular weight is 372 g/mol. The Morgan fingerprint density at radius 3 is 2.52 bits per heavy atom. The van der Waals surface area contributed by atoms with Crippen LogP contribution in [0.25, 0.3) is 0 Å². The van der Waals surface area contributed by atoms with Crippen molar-refractivity contribution in [2.24, 2.45) is 0 Å². The van der Waals surface area contributed by atoms with E-state index in [1.54, 1.807) is 24.1 Å². The van der Waals surface area contributed by atoms with Gasteiger partial charge in [-0.3, -0.25) is 4.79 Å². The van der Waals surface area contributed by atoms with Crippen LogP contribution in [0.3, 0.4) is 0 Å². The Morgan fingerprint density at radius 1 is 1.36 bits per heavy atom. The van der Waals surface area contributed by atoms with Crippen LogP contribution in [0.4, 0.5) is 4.39 Å². The van der Waals surface area contributed by atoms with E-state index in [0.29, 0.717) is 38.8 Å². The van der Waals surface area contributed by atoms with Crippen LogP contribution in [0.2, 0.25) is 0 Å². The van der Waals surface area contributed by atoms with Crippen molar-refractivity contribution < 1.29 is 22.3 Å². The first-order valence-electron chi connectivity index (χ1n) is 8.25. The van der Waals surface area contributed by atoms with Gasteiger partial charge in [0, 0.05) is 32.6 Å². The highest BCUT2D eigenvalue weighted by molar-refractivity contribution is 7.88. The molecule has 8 heteroatoms. The van der Waals surface area contributed by atoms with Crippen molar-refractivity contribution in [3.8, 4) is 5.75 Å². The molecule has 1 saturated heterocycles. The molecule has 1 aliphatic heterocycles. The molecule has 0 unspecified atom stereocenters. The van der Waals surface area contributed by atoms with Crippen molar-refractivity contribution in [1.29, 1.82) is 0 Å². The first-order valence-corrected chi connectivity index (χ1v) is 10.1. The summed E-state index contributed by atoms with van der Waals surface area (Å²) in [6, 6.07) is 4.64. The number of rotatable bonds is 6. The molecular weight excluding hydrogens is 347 g/mol. The van der Waals surface area contributed by atoms with Crippen LogP contribution in [0.15, 0.2) is 18.2 Å². The molecule has 1 fully saturated rings. The number of nitrogens with zero attached hydrogens (tertiary/aromatic N) is 2. The molecule has 0 saturated carbocycles. The van der Waals surface area contributed by atoms with Crippen molar-refractivity contribution in [2.75, 3.05) is 33.5 Å². The number of piperidine rings is 1. The minimum Gasteiger partial charge on any atom is -0.494 e. The molecule has 2 rings (SSSR count). The summed E-state index contributed by atoms with van der Waals surface area (Å²) in [4.78, 5) is 14.1. The average Bonchev–Trinajstić information content (AvgIpc) is 2.58. The highest BCUT2D eigenvalue weighted by atomic mass is 32.2. The topological polar surface area (TPSA) is 66.9 Å². The Labute approximate surface area is 148 Å². The van der Waals surface area contributed by atoms with Crippen LogP contribution in [0.1, 0.15) is 24.8 Å². The summed E-state index contributed by atoms with van der Waals surface area (Å²) in [6.07, 6.45) is 3.22. The molecule has 0 spiro atoms. The number of likely N-dealkylation sites (tertiary alicyclic amines) is 1. The van der Waals surface area contributed by atoms with Crippen LogP contribution < -0.4 is 4.74 Å². The largest absolute Gasteiger partial charge is 0.494 e. The minimum absolute atomic E-state index is 0.0108. The number of ether oxygens (including phenoxy) is 1. The molecule has 140 valence electrons. The van der Waals surface area contributed by atoms with E-state index in [2.05, 4.69) is 0 Å². The summed E-state index contributed by atoms with van der Waals surface area (Å²) in [5.74, 6) is -0.235. The van der Waals surface area contributed by atoms with Gasteiger partial charge in [-0.15, -0.1) is 0 Å². The van der Waals surface area contributed by atoms with Crippen LogP contribution in [-0.4, -0.2) is 63.1 Å². The maximum atomic E-state index is 13.7. The molecule has 0 N–H and O–H groups in total. The van der Waals surface area contributed by atoms with Crippen molar-refractivity contribution in [2.45, 2.75) is 31.7 Å². The summed E-state index contributed by atoms with van der Waals surface area (Å²) in [7, 11) is -0.224. The number of methoxy groups -OCH3 is 1. The summed E-state index contributed by atoms with van der Waals surface area (Å²) in [5.41, 5.74) is 0.748. The molecule has 0 atom stereocenters. The van der Waals surface area contributed by atoms with Crippen LogP contribution >= 0.6 is 0 Å². The molecule has 0 aliphatic carbocycles. The fourth-order valence-electron chi connectivity index (χ4n) is 3.02. The normalized spacial score (nSPS) is 16.3. The fraction of sp³-hybridized carbons (Fsp3) is 0.588. The number of aryl methyl sites for hydroxylation is 1. The van der Waals surface area contributed by atoms with Gasteiger partial charge in [-0.1, -0.05) is 6.07 Å². The second kappa shape index (κ2) is 8.14. The number of hydrogen-bond donors (Lipinski definition) is 0. The van der Waals surface area contributed by atoms with E-state index in [-0.39, 0.29) is 17.7 Å². The predicted molar refractivity (Wildman–Crippen MR) is 93.5 cm³/mol. The lowest BCUT2D eigenvalue weighted by atomic mass is 10.0. The molecule has 6 nitrogen and oxygen atoms in total. The van der Waals surface area contributed by atoms with Gasteiger partial charge in [-0.2, -0.15) is 0 Å². The second-order valence-electron chi connectivity index (χ2n) is 6.36. The van der Waals surface area contributed by atoms with E-state index in [1.807, 2.05) is 0 Å². The minimum atomic E-state index is -3.21. The zero-order valence-corrected chi connectivity index (χ0v) is 15.7. The van der Waals surface area contributed by atoms with Crippen molar-refractivity contribution in [3.05, 3.63) is 29.6 Å². The third-order valence-electron chi connectivity index (χ3n) is 4.70. The quantitative estimate of drug-likeness (QED) is 0.762. The van der Waals surface area contributed by atoms with Crippen LogP contribution in [-0.2, 0) is 21.2 Å². The monoisotopic (exact) mass is 372 g/mol. The second-order valence-corrected chi connectivity index (χ2v) is 8.40. The van der Waals surface area contributed by atoms with Crippen molar-refractivity contribution in [3.63, 3.8) is 0 Å². The molecule has 0 bridgehead atoms. The standard InChI is InChI=1S/C17H25FN2O4S/c1-19(25(3,22)23)14-8-10-20(11-9-14)17(21)7-5-13-4-6-16(24-2)15(18)12-13/h4,6,12,14H,5,7-11H2,1-3H3. The highest BCUT2D eigenvalue weighted by Crippen LogP contribution is 2.20. The van der Waals surface area contributed by atoms with E-state index in [1.165, 1.54) is 23.7 Å². The molecule has 1 aromatic rings. The first-order chi connectivity index (χ1) is 11.7. The maximum absolute atomic E-state index is 13.7. The number of hydrogen-bond acceptors (Lipinski definition) is 4. The fourth-order valence-corrected chi connectivity index (χ4v) is 3.78. The summed E-state index contributed by atoms with van der Waals surface area (Å²) in [5, 5.41) is 0. The molecule has 0 aromatic heterocycles. The number of benzene rings is 1. The lowest BCUT2D eigenvalue weighted by Gasteiger charge is -2.35. The summed E-state index contributed by atoms with van der Waals surface area (Å²) in [6.45, 7) is 1.08. The lowest BCUT2D eigenvalue weighted by Crippen LogP contribution is -2.47. The Balaban J connectivity index is 1.84. The van der Waals surface area contributed by atoms with Gasteiger partial charge in [0.05, 0.1) is 13.4 Å². The number of carbonyl (C=O) groups excluding carboxylic acids is 1. The summed E-state index contributed by atoms with van der Waals surface area (Å²) < 4.78 is 43.1. The highest BCUT2D eigenvalue weighted by Gasteiger charge is 2.28. The number of sulfonamides is 1. The lowest BCUT2D eigenvalue weighted by molar-refractivity contribution is -0.132. The third kappa shape index (κ3) is 5.15. The zero-order chi connectivity index (χ0) is 18.6. The van der Waals surface area contributed by atoms with E-state index < -0.39 is 15.8 Å². The van der Waals surface area contributed by atoms with Crippen LogP contribution in [0.5, 0.6) is 5.75 Å². The Hall–Kier alpha value is -1.67. The van der Waals surface area contributed by atoms with Gasteiger partial charge in [-0.25, -0.2) is 17.1 Å². The van der Waals surface area contributed by atoms with E-state index in [4.69, 9.17) is 4.74 Å². The predicted octanol–water partition coefficient (Wildman–Crippen LogP) is 1.65. The van der Waals surface area contributed by atoms with Gasteiger partial charge in [0.25, 0.3) is 0 Å². The van der Waals surface area contributed by atoms with Crippen molar-refractivity contribution >= 4 is 15.9 Å². The Kier molecular flexibility index (Phi) is 6.40. The number of halogens is 1. The molecule has 1 heterocycles. The molecule has 25 heavy (non-hydrogen) atoms. The SMILES string of the molecule is COc1ccc(CCC(=O)N2CCC(N(C)S(C)(=O)=O)CC2)cc1F. The molecule has 0 radical (unpaired) electrons. The van der Waals surface area contributed by atoms with Gasteiger partial charge < -0.3 is 9.64 Å². The van der Waals surface area contributed by atoms with E-state index in [0.717, 1.165) is 5.56 Å². The van der Waals surface area contributed by atoms with Crippen molar-refractivity contribution in [1.82, 2.24) is 9.21 Å².